The molecule has 0 aliphatic carbocycles. The Morgan fingerprint density at radius 3 is 2.42 bits per heavy atom. The fraction of sp³-hybridized carbons (Fsp3) is 0.333. The van der Waals surface area contributed by atoms with E-state index in [-0.39, 0.29) is 13.0 Å². The molecule has 19 heavy (non-hydrogen) atoms. The van der Waals surface area contributed by atoms with Gasteiger partial charge in [0.25, 0.3) is 0 Å². The lowest BCUT2D eigenvalue weighted by Crippen LogP contribution is -2.37. The molecular formula is C12H15ClN2O4. The van der Waals surface area contributed by atoms with Crippen LogP contribution < -0.4 is 10.6 Å². The van der Waals surface area contributed by atoms with Crippen molar-refractivity contribution in [3.8, 4) is 0 Å². The van der Waals surface area contributed by atoms with Crippen molar-refractivity contribution in [2.45, 2.75) is 19.1 Å². The number of benzene rings is 1. The number of aliphatic hydroxyl groups is 1. The fourth-order valence-electron chi connectivity index (χ4n) is 1.29. The average molecular weight is 287 g/mol. The first-order chi connectivity index (χ1) is 8.99. The highest BCUT2D eigenvalue weighted by Gasteiger charge is 2.12. The molecule has 7 heteroatoms. The minimum atomic E-state index is -1.46. The second-order valence-electron chi connectivity index (χ2n) is 3.88. The second-order valence-corrected chi connectivity index (χ2v) is 4.32. The first-order valence-corrected chi connectivity index (χ1v) is 6.04. The van der Waals surface area contributed by atoms with Gasteiger partial charge in [-0.1, -0.05) is 23.7 Å². The van der Waals surface area contributed by atoms with Crippen LogP contribution in [0.5, 0.6) is 0 Å². The van der Waals surface area contributed by atoms with Gasteiger partial charge < -0.3 is 20.8 Å². The van der Waals surface area contributed by atoms with Crippen molar-refractivity contribution in [2.75, 3.05) is 6.54 Å². The lowest BCUT2D eigenvalue weighted by Gasteiger charge is -2.09. The third-order valence-electron chi connectivity index (χ3n) is 2.35. The molecule has 0 bridgehead atoms. The monoisotopic (exact) mass is 286 g/mol. The first kappa shape index (κ1) is 15.3. The summed E-state index contributed by atoms with van der Waals surface area (Å²) < 4.78 is 0. The summed E-state index contributed by atoms with van der Waals surface area (Å²) in [5.74, 6) is -1.30. The van der Waals surface area contributed by atoms with Crippen LogP contribution in [0.15, 0.2) is 24.3 Å². The lowest BCUT2D eigenvalue weighted by atomic mass is 10.2. The molecule has 0 fully saturated rings. The number of halogens is 1. The summed E-state index contributed by atoms with van der Waals surface area (Å²) in [4.78, 5) is 21.7. The Bertz CT molecular complexity index is 436. The van der Waals surface area contributed by atoms with Gasteiger partial charge in [0.15, 0.2) is 6.10 Å². The van der Waals surface area contributed by atoms with Crippen molar-refractivity contribution < 1.29 is 19.8 Å². The van der Waals surface area contributed by atoms with E-state index >= 15 is 0 Å². The zero-order valence-electron chi connectivity index (χ0n) is 10.1. The summed E-state index contributed by atoms with van der Waals surface area (Å²) in [5, 5.41) is 23.1. The molecule has 1 atom stereocenters. The Morgan fingerprint density at radius 2 is 1.84 bits per heavy atom. The Kier molecular flexibility index (Phi) is 6.11. The Balaban J connectivity index is 2.21. The summed E-state index contributed by atoms with van der Waals surface area (Å²) in [5.41, 5.74) is 0.894. The van der Waals surface area contributed by atoms with Gasteiger partial charge in [0.05, 0.1) is 0 Å². The van der Waals surface area contributed by atoms with Gasteiger partial charge in [0.1, 0.15) is 0 Å². The van der Waals surface area contributed by atoms with E-state index in [1.165, 1.54) is 0 Å². The summed E-state index contributed by atoms with van der Waals surface area (Å²) in [6.07, 6.45) is -1.50. The number of nitrogens with one attached hydrogen (secondary N) is 2. The maximum absolute atomic E-state index is 11.4. The molecule has 0 aliphatic heterocycles. The van der Waals surface area contributed by atoms with Crippen LogP contribution in [-0.4, -0.2) is 34.9 Å². The number of amides is 2. The maximum Gasteiger partial charge on any atom is 0.332 e. The molecule has 1 rings (SSSR count). The molecule has 0 aliphatic rings. The van der Waals surface area contributed by atoms with Crippen LogP contribution in [0.3, 0.4) is 0 Å². The molecule has 0 spiro atoms. The molecule has 0 heterocycles. The third-order valence-corrected chi connectivity index (χ3v) is 2.61. The molecule has 0 unspecified atom stereocenters. The second kappa shape index (κ2) is 7.60. The smallest absolute Gasteiger partial charge is 0.332 e. The Hall–Kier alpha value is -1.79. The zero-order valence-corrected chi connectivity index (χ0v) is 10.9. The van der Waals surface area contributed by atoms with E-state index in [4.69, 9.17) is 21.8 Å². The number of urea groups is 1. The van der Waals surface area contributed by atoms with Crippen molar-refractivity contribution in [2.24, 2.45) is 0 Å². The van der Waals surface area contributed by atoms with E-state index < -0.39 is 18.1 Å². The molecular weight excluding hydrogens is 272 g/mol. The summed E-state index contributed by atoms with van der Waals surface area (Å²) >= 11 is 5.73. The molecule has 104 valence electrons. The Labute approximate surface area is 115 Å². The van der Waals surface area contributed by atoms with E-state index in [0.717, 1.165) is 5.56 Å². The molecule has 2 amide bonds. The van der Waals surface area contributed by atoms with E-state index in [0.29, 0.717) is 11.6 Å². The van der Waals surface area contributed by atoms with Gasteiger partial charge >= 0.3 is 12.0 Å². The number of aliphatic hydroxyl groups excluding tert-OH is 1. The summed E-state index contributed by atoms with van der Waals surface area (Å²) in [6, 6.07) is 6.60. The summed E-state index contributed by atoms with van der Waals surface area (Å²) in [7, 11) is 0. The number of rotatable bonds is 6. The highest BCUT2D eigenvalue weighted by molar-refractivity contribution is 6.30. The number of aliphatic carboxylic acids is 1. The van der Waals surface area contributed by atoms with Gasteiger partial charge in [0, 0.05) is 24.5 Å². The van der Waals surface area contributed by atoms with Crippen molar-refractivity contribution in [3.05, 3.63) is 34.9 Å². The minimum Gasteiger partial charge on any atom is -0.479 e. The molecule has 0 saturated heterocycles. The average Bonchev–Trinajstić information content (AvgIpc) is 2.37. The molecule has 4 N–H and O–H groups in total. The van der Waals surface area contributed by atoms with Crippen LogP contribution in [0.2, 0.25) is 5.02 Å². The van der Waals surface area contributed by atoms with Gasteiger partial charge in [0.2, 0.25) is 0 Å². The standard InChI is InChI=1S/C12H15ClN2O4/c13-9-3-1-8(2-4-9)7-15-12(19)14-6-5-10(16)11(17)18/h1-4,10,16H,5-7H2,(H,17,18)(H2,14,15,19)/t10-/m0/s1. The van der Waals surface area contributed by atoms with Gasteiger partial charge in [-0.05, 0) is 17.7 Å². The number of hydrogen-bond donors (Lipinski definition) is 4. The number of carboxylic acid groups (broad SMARTS) is 1. The van der Waals surface area contributed by atoms with E-state index in [1.807, 2.05) is 0 Å². The fourth-order valence-corrected chi connectivity index (χ4v) is 1.42. The Morgan fingerprint density at radius 1 is 1.21 bits per heavy atom. The van der Waals surface area contributed by atoms with Crippen molar-refractivity contribution in [1.82, 2.24) is 10.6 Å². The summed E-state index contributed by atoms with van der Waals surface area (Å²) in [6.45, 7) is 0.421. The highest BCUT2D eigenvalue weighted by Crippen LogP contribution is 2.08. The number of carbonyl (C=O) groups excluding carboxylic acids is 1. The normalized spacial score (nSPS) is 11.7. The first-order valence-electron chi connectivity index (χ1n) is 5.66. The van der Waals surface area contributed by atoms with Crippen molar-refractivity contribution in [3.63, 3.8) is 0 Å². The lowest BCUT2D eigenvalue weighted by molar-refractivity contribution is -0.146. The predicted molar refractivity (Wildman–Crippen MR) is 70.0 cm³/mol. The van der Waals surface area contributed by atoms with Crippen LogP contribution in [-0.2, 0) is 11.3 Å². The van der Waals surface area contributed by atoms with Gasteiger partial charge in [-0.15, -0.1) is 0 Å². The van der Waals surface area contributed by atoms with E-state index in [9.17, 15) is 9.59 Å². The highest BCUT2D eigenvalue weighted by atomic mass is 35.5. The van der Waals surface area contributed by atoms with Crippen molar-refractivity contribution in [1.29, 1.82) is 0 Å². The number of hydrogen-bond acceptors (Lipinski definition) is 3. The van der Waals surface area contributed by atoms with Crippen LogP contribution >= 0.6 is 11.6 Å². The van der Waals surface area contributed by atoms with Crippen LogP contribution in [0, 0.1) is 0 Å². The SMILES string of the molecule is O=C(NCC[C@H](O)C(=O)O)NCc1ccc(Cl)cc1. The van der Waals surface area contributed by atoms with Crippen LogP contribution in [0.25, 0.3) is 0 Å². The predicted octanol–water partition coefficient (Wildman–Crippen LogP) is 0.975. The van der Waals surface area contributed by atoms with Gasteiger partial charge in [-0.25, -0.2) is 9.59 Å². The quantitative estimate of drug-likeness (QED) is 0.626. The van der Waals surface area contributed by atoms with Gasteiger partial charge in [-0.3, -0.25) is 0 Å². The zero-order chi connectivity index (χ0) is 14.3. The van der Waals surface area contributed by atoms with Gasteiger partial charge in [-0.2, -0.15) is 0 Å². The molecule has 0 aromatic heterocycles. The van der Waals surface area contributed by atoms with Crippen LogP contribution in [0.1, 0.15) is 12.0 Å². The maximum atomic E-state index is 11.4. The molecule has 1 aromatic carbocycles. The van der Waals surface area contributed by atoms with Crippen LogP contribution in [0.4, 0.5) is 4.79 Å². The number of carbonyl (C=O) groups is 2. The molecule has 6 nitrogen and oxygen atoms in total. The van der Waals surface area contributed by atoms with Crippen molar-refractivity contribution >= 4 is 23.6 Å². The largest absolute Gasteiger partial charge is 0.479 e. The molecule has 1 aromatic rings. The number of carboxylic acids is 1. The minimum absolute atomic E-state index is 0.0380. The van der Waals surface area contributed by atoms with E-state index in [2.05, 4.69) is 10.6 Å². The molecule has 0 radical (unpaired) electrons. The van der Waals surface area contributed by atoms with E-state index in [1.54, 1.807) is 24.3 Å². The third kappa shape index (κ3) is 6.08. The molecule has 0 saturated carbocycles. The topological polar surface area (TPSA) is 98.7 Å².